The summed E-state index contributed by atoms with van der Waals surface area (Å²) in [5.74, 6) is -0.661. The SMILES string of the molecule is O=C(c1ccc(F)cc1Cl)N1CCc2cc(-c3ccncc3)ccc21. The van der Waals surface area contributed by atoms with Crippen LogP contribution in [0.5, 0.6) is 0 Å². The second-order valence-corrected chi connectivity index (χ2v) is 6.32. The Labute approximate surface area is 149 Å². The van der Waals surface area contributed by atoms with Crippen LogP contribution in [-0.4, -0.2) is 17.4 Å². The molecule has 0 bridgehead atoms. The van der Waals surface area contributed by atoms with Crippen molar-refractivity contribution < 1.29 is 9.18 Å². The summed E-state index contributed by atoms with van der Waals surface area (Å²) in [6.07, 6.45) is 4.29. The molecule has 2 aromatic carbocycles. The van der Waals surface area contributed by atoms with E-state index in [-0.39, 0.29) is 10.9 Å². The van der Waals surface area contributed by atoms with Crippen LogP contribution in [0.1, 0.15) is 15.9 Å². The van der Waals surface area contributed by atoms with Crippen LogP contribution in [0.15, 0.2) is 60.9 Å². The Morgan fingerprint density at radius 2 is 1.84 bits per heavy atom. The lowest BCUT2D eigenvalue weighted by atomic mass is 10.0. The molecule has 1 aliphatic heterocycles. The zero-order chi connectivity index (χ0) is 17.4. The Balaban J connectivity index is 1.67. The van der Waals surface area contributed by atoms with Gasteiger partial charge in [0.1, 0.15) is 5.82 Å². The van der Waals surface area contributed by atoms with Crippen molar-refractivity contribution in [2.45, 2.75) is 6.42 Å². The Morgan fingerprint density at radius 1 is 1.04 bits per heavy atom. The lowest BCUT2D eigenvalue weighted by Gasteiger charge is -2.18. The van der Waals surface area contributed by atoms with E-state index >= 15 is 0 Å². The topological polar surface area (TPSA) is 33.2 Å². The predicted molar refractivity (Wildman–Crippen MR) is 96.5 cm³/mol. The zero-order valence-corrected chi connectivity index (χ0v) is 14.0. The molecule has 1 aliphatic rings. The van der Waals surface area contributed by atoms with E-state index < -0.39 is 5.82 Å². The van der Waals surface area contributed by atoms with E-state index in [0.717, 1.165) is 34.9 Å². The number of fused-ring (bicyclic) bond motifs is 1. The highest BCUT2D eigenvalue weighted by Gasteiger charge is 2.27. The van der Waals surface area contributed by atoms with Gasteiger partial charge < -0.3 is 4.90 Å². The number of benzene rings is 2. The molecular formula is C20H14ClFN2O. The molecule has 2 heterocycles. The van der Waals surface area contributed by atoms with Gasteiger partial charge in [-0.1, -0.05) is 17.7 Å². The Bertz CT molecular complexity index is 959. The summed E-state index contributed by atoms with van der Waals surface area (Å²) in [4.78, 5) is 18.5. The molecule has 1 amide bonds. The van der Waals surface area contributed by atoms with E-state index in [1.54, 1.807) is 17.3 Å². The van der Waals surface area contributed by atoms with Crippen LogP contribution >= 0.6 is 11.6 Å². The molecule has 0 atom stereocenters. The minimum Gasteiger partial charge on any atom is -0.308 e. The highest BCUT2D eigenvalue weighted by molar-refractivity contribution is 6.34. The Kier molecular flexibility index (Phi) is 3.98. The number of anilines is 1. The van der Waals surface area contributed by atoms with Crippen molar-refractivity contribution in [1.82, 2.24) is 4.98 Å². The van der Waals surface area contributed by atoms with Gasteiger partial charge in [0.2, 0.25) is 0 Å². The number of nitrogens with zero attached hydrogens (tertiary/aromatic N) is 2. The molecule has 124 valence electrons. The number of hydrogen-bond acceptors (Lipinski definition) is 2. The van der Waals surface area contributed by atoms with Crippen LogP contribution in [0.3, 0.4) is 0 Å². The lowest BCUT2D eigenvalue weighted by molar-refractivity contribution is 0.0989. The average molecular weight is 353 g/mol. The fourth-order valence-electron chi connectivity index (χ4n) is 3.14. The van der Waals surface area contributed by atoms with E-state index in [1.165, 1.54) is 12.1 Å². The summed E-state index contributed by atoms with van der Waals surface area (Å²) in [6, 6.07) is 13.8. The van der Waals surface area contributed by atoms with E-state index in [4.69, 9.17) is 11.6 Å². The van der Waals surface area contributed by atoms with Crippen LogP contribution in [0.2, 0.25) is 5.02 Å². The average Bonchev–Trinajstić information content (AvgIpc) is 3.05. The molecule has 0 fully saturated rings. The molecule has 0 N–H and O–H groups in total. The molecule has 0 spiro atoms. The normalized spacial score (nSPS) is 13.0. The fourth-order valence-corrected chi connectivity index (χ4v) is 3.39. The van der Waals surface area contributed by atoms with Crippen molar-refractivity contribution in [3.8, 4) is 11.1 Å². The van der Waals surface area contributed by atoms with Crippen molar-refractivity contribution >= 4 is 23.2 Å². The summed E-state index contributed by atoms with van der Waals surface area (Å²) in [7, 11) is 0. The first-order valence-corrected chi connectivity index (χ1v) is 8.31. The maximum absolute atomic E-state index is 13.2. The van der Waals surface area contributed by atoms with Crippen molar-refractivity contribution in [3.05, 3.63) is 82.9 Å². The second-order valence-electron chi connectivity index (χ2n) is 5.91. The first-order chi connectivity index (χ1) is 12.1. The number of pyridine rings is 1. The summed E-state index contributed by atoms with van der Waals surface area (Å²) in [6.45, 7) is 0.585. The molecule has 0 radical (unpaired) electrons. The molecule has 4 rings (SSSR count). The fraction of sp³-hybridized carbons (Fsp3) is 0.100. The third-order valence-electron chi connectivity index (χ3n) is 4.40. The number of halogens is 2. The maximum Gasteiger partial charge on any atom is 0.259 e. The summed E-state index contributed by atoms with van der Waals surface area (Å²) in [5, 5.41) is 0.131. The quantitative estimate of drug-likeness (QED) is 0.667. The third-order valence-corrected chi connectivity index (χ3v) is 4.71. The van der Waals surface area contributed by atoms with E-state index in [0.29, 0.717) is 12.1 Å². The molecule has 25 heavy (non-hydrogen) atoms. The van der Waals surface area contributed by atoms with Crippen LogP contribution in [-0.2, 0) is 6.42 Å². The molecule has 0 saturated carbocycles. The Morgan fingerprint density at radius 3 is 2.60 bits per heavy atom. The maximum atomic E-state index is 13.2. The molecule has 3 nitrogen and oxygen atoms in total. The largest absolute Gasteiger partial charge is 0.308 e. The second kappa shape index (κ2) is 6.30. The van der Waals surface area contributed by atoms with Gasteiger partial charge in [-0.05, 0) is 65.6 Å². The predicted octanol–water partition coefficient (Wildman–Crippen LogP) is 4.74. The minimum atomic E-state index is -0.453. The highest BCUT2D eigenvalue weighted by Crippen LogP contribution is 2.34. The molecule has 5 heteroatoms. The molecule has 1 aromatic heterocycles. The minimum absolute atomic E-state index is 0.131. The third kappa shape index (κ3) is 2.89. The van der Waals surface area contributed by atoms with Crippen LogP contribution < -0.4 is 4.90 Å². The lowest BCUT2D eigenvalue weighted by Crippen LogP contribution is -2.29. The number of rotatable bonds is 2. The monoisotopic (exact) mass is 352 g/mol. The summed E-state index contributed by atoms with van der Waals surface area (Å²) in [5.41, 5.74) is 4.48. The standard InChI is InChI=1S/C20H14ClFN2O/c21-18-12-16(22)2-3-17(18)20(25)24-10-7-15-11-14(1-4-19(15)24)13-5-8-23-9-6-13/h1-6,8-9,11-12H,7,10H2. The van der Waals surface area contributed by atoms with Crippen LogP contribution in [0.25, 0.3) is 11.1 Å². The van der Waals surface area contributed by atoms with Gasteiger partial charge in [-0.3, -0.25) is 9.78 Å². The number of carbonyl (C=O) groups is 1. The molecule has 0 aliphatic carbocycles. The first kappa shape index (κ1) is 15.8. The van der Waals surface area contributed by atoms with Crippen LogP contribution in [0, 0.1) is 5.82 Å². The summed E-state index contributed by atoms with van der Waals surface area (Å²) >= 11 is 6.04. The van der Waals surface area contributed by atoms with Gasteiger partial charge in [-0.25, -0.2) is 4.39 Å². The van der Waals surface area contributed by atoms with Gasteiger partial charge in [-0.2, -0.15) is 0 Å². The molecule has 0 saturated heterocycles. The van der Waals surface area contributed by atoms with Crippen molar-refractivity contribution in [1.29, 1.82) is 0 Å². The van der Waals surface area contributed by atoms with Crippen molar-refractivity contribution in [3.63, 3.8) is 0 Å². The van der Waals surface area contributed by atoms with Gasteiger partial charge in [0.05, 0.1) is 10.6 Å². The van der Waals surface area contributed by atoms with E-state index in [9.17, 15) is 9.18 Å². The number of hydrogen-bond donors (Lipinski definition) is 0. The number of amides is 1. The van der Waals surface area contributed by atoms with Gasteiger partial charge in [0.25, 0.3) is 5.91 Å². The highest BCUT2D eigenvalue weighted by atomic mass is 35.5. The van der Waals surface area contributed by atoms with E-state index in [2.05, 4.69) is 11.1 Å². The van der Waals surface area contributed by atoms with Crippen molar-refractivity contribution in [2.24, 2.45) is 0 Å². The Hall–Kier alpha value is -2.72. The summed E-state index contributed by atoms with van der Waals surface area (Å²) < 4.78 is 13.2. The zero-order valence-electron chi connectivity index (χ0n) is 13.2. The van der Waals surface area contributed by atoms with Gasteiger partial charge in [0.15, 0.2) is 0 Å². The molecule has 3 aromatic rings. The smallest absolute Gasteiger partial charge is 0.259 e. The van der Waals surface area contributed by atoms with Gasteiger partial charge in [-0.15, -0.1) is 0 Å². The number of aromatic nitrogens is 1. The van der Waals surface area contributed by atoms with Gasteiger partial charge in [0, 0.05) is 24.6 Å². The molecular weight excluding hydrogens is 339 g/mol. The van der Waals surface area contributed by atoms with Crippen LogP contribution in [0.4, 0.5) is 10.1 Å². The van der Waals surface area contributed by atoms with Crippen molar-refractivity contribution in [2.75, 3.05) is 11.4 Å². The molecule has 0 unspecified atom stereocenters. The van der Waals surface area contributed by atoms with Gasteiger partial charge >= 0.3 is 0 Å². The first-order valence-electron chi connectivity index (χ1n) is 7.94. The number of carbonyl (C=O) groups excluding carboxylic acids is 1. The van der Waals surface area contributed by atoms with E-state index in [1.807, 2.05) is 24.3 Å².